The average molecular weight is 265 g/mol. The fraction of sp³-hybridized carbons (Fsp3) is 0.500. The number of hydrogen-bond donors (Lipinski definition) is 1. The fourth-order valence-corrected chi connectivity index (χ4v) is 1.92. The van der Waals surface area contributed by atoms with Crippen molar-refractivity contribution in [1.29, 1.82) is 0 Å². The molecule has 1 unspecified atom stereocenters. The molecule has 0 saturated carbocycles. The smallest absolute Gasteiger partial charge is 0.338 e. The zero-order valence-corrected chi connectivity index (χ0v) is 11.1. The molecule has 0 amide bonds. The van der Waals surface area contributed by atoms with E-state index < -0.39 is 0 Å². The molecule has 0 aromatic heterocycles. The number of carbonyl (C=O) groups excluding carboxylic acids is 1. The number of benzene rings is 1. The Labute approximate surface area is 112 Å². The van der Waals surface area contributed by atoms with Crippen LogP contribution >= 0.6 is 0 Å². The van der Waals surface area contributed by atoms with E-state index in [-0.39, 0.29) is 5.97 Å². The van der Waals surface area contributed by atoms with E-state index in [0.29, 0.717) is 36.1 Å². The number of hydrogen-bond acceptors (Lipinski definition) is 5. The normalized spacial score (nSPS) is 18.3. The first-order chi connectivity index (χ1) is 9.20. The summed E-state index contributed by atoms with van der Waals surface area (Å²) >= 11 is 0. The largest absolute Gasteiger partial charge is 0.491 e. The lowest BCUT2D eigenvalue weighted by Crippen LogP contribution is -2.13. The number of carbonyl (C=O) groups is 1. The van der Waals surface area contributed by atoms with Gasteiger partial charge in [-0.05, 0) is 31.5 Å². The Morgan fingerprint density at radius 2 is 2.37 bits per heavy atom. The summed E-state index contributed by atoms with van der Waals surface area (Å²) < 4.78 is 15.9. The second-order valence-corrected chi connectivity index (χ2v) is 4.51. The molecule has 2 rings (SSSR count). The second-order valence-electron chi connectivity index (χ2n) is 4.51. The lowest BCUT2D eigenvalue weighted by atomic mass is 10.1. The minimum absolute atomic E-state index is 0.346. The van der Waals surface area contributed by atoms with Crippen molar-refractivity contribution in [2.75, 3.05) is 32.2 Å². The van der Waals surface area contributed by atoms with E-state index in [1.54, 1.807) is 25.1 Å². The standard InChI is InChI=1S/C14H19NO4/c1-2-18-14(16)11-3-4-12(15)13(7-11)19-9-10-5-6-17-8-10/h3-4,7,10H,2,5-6,8-9,15H2,1H3. The van der Waals surface area contributed by atoms with Crippen LogP contribution in [0.4, 0.5) is 5.69 Å². The molecule has 1 aromatic carbocycles. The van der Waals surface area contributed by atoms with Crippen molar-refractivity contribution in [2.24, 2.45) is 5.92 Å². The molecule has 1 atom stereocenters. The maximum absolute atomic E-state index is 11.6. The Kier molecular flexibility index (Phi) is 4.63. The molecule has 5 heteroatoms. The van der Waals surface area contributed by atoms with Gasteiger partial charge in [-0.2, -0.15) is 0 Å². The molecule has 1 aliphatic rings. The van der Waals surface area contributed by atoms with Gasteiger partial charge in [-0.1, -0.05) is 0 Å². The quantitative estimate of drug-likeness (QED) is 0.650. The van der Waals surface area contributed by atoms with Crippen molar-refractivity contribution in [3.8, 4) is 5.75 Å². The van der Waals surface area contributed by atoms with Crippen LogP contribution < -0.4 is 10.5 Å². The minimum atomic E-state index is -0.364. The highest BCUT2D eigenvalue weighted by atomic mass is 16.5. The molecule has 1 aromatic rings. The Morgan fingerprint density at radius 3 is 3.05 bits per heavy atom. The summed E-state index contributed by atoms with van der Waals surface area (Å²) in [7, 11) is 0. The van der Waals surface area contributed by atoms with Gasteiger partial charge < -0.3 is 19.9 Å². The minimum Gasteiger partial charge on any atom is -0.491 e. The molecule has 104 valence electrons. The van der Waals surface area contributed by atoms with E-state index in [1.165, 1.54) is 0 Å². The van der Waals surface area contributed by atoms with E-state index in [9.17, 15) is 4.79 Å². The van der Waals surface area contributed by atoms with Crippen LogP contribution in [0.5, 0.6) is 5.75 Å². The summed E-state index contributed by atoms with van der Waals surface area (Å²) in [6.45, 7) is 4.17. The van der Waals surface area contributed by atoms with Gasteiger partial charge in [0.15, 0.2) is 0 Å². The first-order valence-corrected chi connectivity index (χ1v) is 6.48. The summed E-state index contributed by atoms with van der Waals surface area (Å²) in [5, 5.41) is 0. The first kappa shape index (κ1) is 13.7. The van der Waals surface area contributed by atoms with Gasteiger partial charge in [0.05, 0.1) is 31.1 Å². The maximum atomic E-state index is 11.6. The monoisotopic (exact) mass is 265 g/mol. The maximum Gasteiger partial charge on any atom is 0.338 e. The Hall–Kier alpha value is -1.75. The molecule has 2 N–H and O–H groups in total. The van der Waals surface area contributed by atoms with Gasteiger partial charge in [-0.15, -0.1) is 0 Å². The molecule has 5 nitrogen and oxygen atoms in total. The molecular formula is C14H19NO4. The Morgan fingerprint density at radius 1 is 1.53 bits per heavy atom. The van der Waals surface area contributed by atoms with E-state index in [2.05, 4.69) is 0 Å². The SMILES string of the molecule is CCOC(=O)c1ccc(N)c(OCC2CCOC2)c1. The molecule has 0 aliphatic carbocycles. The van der Waals surface area contributed by atoms with Gasteiger partial charge in [0.1, 0.15) is 5.75 Å². The third kappa shape index (κ3) is 3.61. The van der Waals surface area contributed by atoms with E-state index in [4.69, 9.17) is 19.9 Å². The zero-order chi connectivity index (χ0) is 13.7. The molecule has 1 heterocycles. The van der Waals surface area contributed by atoms with Crippen LogP contribution in [-0.2, 0) is 9.47 Å². The van der Waals surface area contributed by atoms with Gasteiger partial charge in [-0.3, -0.25) is 0 Å². The predicted molar refractivity (Wildman–Crippen MR) is 71.2 cm³/mol. The van der Waals surface area contributed by atoms with E-state index in [0.717, 1.165) is 19.6 Å². The topological polar surface area (TPSA) is 70.8 Å². The van der Waals surface area contributed by atoms with E-state index in [1.807, 2.05) is 0 Å². The van der Waals surface area contributed by atoms with Crippen LogP contribution in [0.2, 0.25) is 0 Å². The molecule has 0 bridgehead atoms. The first-order valence-electron chi connectivity index (χ1n) is 6.48. The fourth-order valence-electron chi connectivity index (χ4n) is 1.92. The number of ether oxygens (including phenoxy) is 3. The highest BCUT2D eigenvalue weighted by Gasteiger charge is 2.17. The second kappa shape index (κ2) is 6.43. The Balaban J connectivity index is 2.01. The molecule has 1 saturated heterocycles. The van der Waals surface area contributed by atoms with Crippen LogP contribution in [0.25, 0.3) is 0 Å². The van der Waals surface area contributed by atoms with Gasteiger partial charge in [-0.25, -0.2) is 4.79 Å². The highest BCUT2D eigenvalue weighted by Crippen LogP contribution is 2.25. The van der Waals surface area contributed by atoms with Crippen molar-refractivity contribution in [1.82, 2.24) is 0 Å². The molecule has 0 radical (unpaired) electrons. The van der Waals surface area contributed by atoms with Crippen molar-refractivity contribution in [3.63, 3.8) is 0 Å². The predicted octanol–water partition coefficient (Wildman–Crippen LogP) is 1.86. The zero-order valence-electron chi connectivity index (χ0n) is 11.1. The highest BCUT2D eigenvalue weighted by molar-refractivity contribution is 5.90. The van der Waals surface area contributed by atoms with Gasteiger partial charge in [0.2, 0.25) is 0 Å². The van der Waals surface area contributed by atoms with Crippen molar-refractivity contribution < 1.29 is 19.0 Å². The molecule has 1 fully saturated rings. The van der Waals surface area contributed by atoms with Crippen molar-refractivity contribution >= 4 is 11.7 Å². The lowest BCUT2D eigenvalue weighted by molar-refractivity contribution is 0.0526. The third-order valence-corrected chi connectivity index (χ3v) is 3.02. The number of nitrogens with two attached hydrogens (primary N) is 1. The van der Waals surface area contributed by atoms with Crippen LogP contribution in [0.15, 0.2) is 18.2 Å². The number of esters is 1. The molecule has 1 aliphatic heterocycles. The summed E-state index contributed by atoms with van der Waals surface area (Å²) in [6.07, 6.45) is 0.997. The summed E-state index contributed by atoms with van der Waals surface area (Å²) in [5.41, 5.74) is 6.81. The number of nitrogen functional groups attached to an aromatic ring is 1. The lowest BCUT2D eigenvalue weighted by Gasteiger charge is -2.13. The average Bonchev–Trinajstić information content (AvgIpc) is 2.91. The molecule has 0 spiro atoms. The van der Waals surface area contributed by atoms with Crippen LogP contribution in [0, 0.1) is 5.92 Å². The van der Waals surface area contributed by atoms with Crippen LogP contribution in [0.3, 0.4) is 0 Å². The van der Waals surface area contributed by atoms with Crippen molar-refractivity contribution in [3.05, 3.63) is 23.8 Å². The van der Waals surface area contributed by atoms with E-state index >= 15 is 0 Å². The Bertz CT molecular complexity index is 441. The summed E-state index contributed by atoms with van der Waals surface area (Å²) in [6, 6.07) is 4.93. The summed E-state index contributed by atoms with van der Waals surface area (Å²) in [5.74, 6) is 0.555. The van der Waals surface area contributed by atoms with Gasteiger partial charge in [0.25, 0.3) is 0 Å². The third-order valence-electron chi connectivity index (χ3n) is 3.02. The number of anilines is 1. The van der Waals surface area contributed by atoms with Crippen LogP contribution in [0.1, 0.15) is 23.7 Å². The van der Waals surface area contributed by atoms with Crippen LogP contribution in [-0.4, -0.2) is 32.4 Å². The number of rotatable bonds is 5. The van der Waals surface area contributed by atoms with Gasteiger partial charge in [0, 0.05) is 12.5 Å². The summed E-state index contributed by atoms with van der Waals surface area (Å²) in [4.78, 5) is 11.6. The molecular weight excluding hydrogens is 246 g/mol. The van der Waals surface area contributed by atoms with Crippen molar-refractivity contribution in [2.45, 2.75) is 13.3 Å². The van der Waals surface area contributed by atoms with Gasteiger partial charge >= 0.3 is 5.97 Å². The molecule has 19 heavy (non-hydrogen) atoms.